The van der Waals surface area contributed by atoms with Gasteiger partial charge >= 0.3 is 5.97 Å². The first-order chi connectivity index (χ1) is 8.15. The number of benzene rings is 1. The molecule has 0 aliphatic heterocycles. The molecule has 1 aromatic carbocycles. The Morgan fingerprint density at radius 2 is 1.71 bits per heavy atom. The predicted octanol–water partition coefficient (Wildman–Crippen LogP) is 2.03. The molecule has 0 spiro atoms. The summed E-state index contributed by atoms with van der Waals surface area (Å²) in [6, 6.07) is 11.0. The quantitative estimate of drug-likeness (QED) is 0.817. The van der Waals surface area contributed by atoms with Crippen molar-refractivity contribution in [1.82, 2.24) is 0 Å². The minimum Gasteiger partial charge on any atom is -0.478 e. The Hall–Kier alpha value is -2.16. The van der Waals surface area contributed by atoms with Crippen molar-refractivity contribution >= 4 is 5.97 Å². The molecule has 0 unspecified atom stereocenters. The minimum atomic E-state index is -0.889. The fourth-order valence-electron chi connectivity index (χ4n) is 1.60. The molecule has 1 N–H and O–H groups in total. The Labute approximate surface area is 100.0 Å². The van der Waals surface area contributed by atoms with E-state index in [2.05, 4.69) is 4.57 Å². The number of carboxylic acids is 1. The highest BCUT2D eigenvalue weighted by atomic mass is 16.4. The molecular weight excluding hydrogens is 214 g/mol. The molecule has 0 aliphatic rings. The summed E-state index contributed by atoms with van der Waals surface area (Å²) in [7, 11) is 0. The minimum absolute atomic E-state index is 0.322. The van der Waals surface area contributed by atoms with Crippen LogP contribution in [0.5, 0.6) is 0 Å². The molecular formula is C14H14NO2+. The van der Waals surface area contributed by atoms with E-state index in [4.69, 9.17) is 5.11 Å². The van der Waals surface area contributed by atoms with Gasteiger partial charge in [0.25, 0.3) is 0 Å². The molecule has 0 bridgehead atoms. The van der Waals surface area contributed by atoms with Crippen molar-refractivity contribution in [2.45, 2.75) is 13.5 Å². The van der Waals surface area contributed by atoms with Crippen LogP contribution in [-0.2, 0) is 6.54 Å². The molecule has 0 saturated heterocycles. The van der Waals surface area contributed by atoms with Crippen LogP contribution in [0.1, 0.15) is 21.5 Å². The highest BCUT2D eigenvalue weighted by Crippen LogP contribution is 2.04. The van der Waals surface area contributed by atoms with Crippen molar-refractivity contribution in [3.8, 4) is 0 Å². The van der Waals surface area contributed by atoms with E-state index < -0.39 is 5.97 Å². The smallest absolute Gasteiger partial charge is 0.335 e. The van der Waals surface area contributed by atoms with Crippen LogP contribution in [0.3, 0.4) is 0 Å². The Balaban J connectivity index is 2.13. The van der Waals surface area contributed by atoms with Crippen LogP contribution in [0.4, 0.5) is 0 Å². The van der Waals surface area contributed by atoms with Gasteiger partial charge in [0.2, 0.25) is 0 Å². The van der Waals surface area contributed by atoms with E-state index in [0.717, 1.165) is 12.1 Å². The first kappa shape index (κ1) is 11.3. The molecule has 0 fully saturated rings. The molecule has 17 heavy (non-hydrogen) atoms. The standard InChI is InChI=1S/C14H13NO2/c1-11-6-8-15(9-7-11)10-12-2-4-13(5-3-12)14(16)17/h2-9H,10H2,1H3/p+1. The number of aromatic carboxylic acids is 1. The summed E-state index contributed by atoms with van der Waals surface area (Å²) in [5, 5.41) is 8.79. The topological polar surface area (TPSA) is 41.2 Å². The average Bonchev–Trinajstić information content (AvgIpc) is 2.33. The largest absolute Gasteiger partial charge is 0.478 e. The second kappa shape index (κ2) is 4.78. The van der Waals surface area contributed by atoms with Gasteiger partial charge in [0.15, 0.2) is 18.9 Å². The molecule has 2 rings (SSSR count). The van der Waals surface area contributed by atoms with E-state index in [1.165, 1.54) is 5.56 Å². The predicted molar refractivity (Wildman–Crippen MR) is 63.9 cm³/mol. The van der Waals surface area contributed by atoms with Crippen molar-refractivity contribution in [3.63, 3.8) is 0 Å². The van der Waals surface area contributed by atoms with Gasteiger partial charge in [-0.1, -0.05) is 12.1 Å². The lowest BCUT2D eigenvalue weighted by molar-refractivity contribution is -0.688. The molecule has 1 aromatic heterocycles. The van der Waals surface area contributed by atoms with Gasteiger partial charge in [-0.25, -0.2) is 9.36 Å². The summed E-state index contributed by atoms with van der Waals surface area (Å²) >= 11 is 0. The summed E-state index contributed by atoms with van der Waals surface area (Å²) in [4.78, 5) is 10.7. The molecule has 0 saturated carbocycles. The number of hydrogen-bond acceptors (Lipinski definition) is 1. The highest BCUT2D eigenvalue weighted by molar-refractivity contribution is 5.87. The molecule has 3 heteroatoms. The van der Waals surface area contributed by atoms with Gasteiger partial charge in [0, 0.05) is 17.7 Å². The van der Waals surface area contributed by atoms with Gasteiger partial charge < -0.3 is 5.11 Å². The van der Waals surface area contributed by atoms with Crippen LogP contribution in [0, 0.1) is 6.92 Å². The molecule has 86 valence electrons. The van der Waals surface area contributed by atoms with E-state index in [1.807, 2.05) is 43.6 Å². The van der Waals surface area contributed by atoms with Crippen LogP contribution in [-0.4, -0.2) is 11.1 Å². The normalized spacial score (nSPS) is 10.2. The maximum atomic E-state index is 10.7. The summed E-state index contributed by atoms with van der Waals surface area (Å²) in [6.07, 6.45) is 4.03. The van der Waals surface area contributed by atoms with Gasteiger partial charge in [-0.3, -0.25) is 0 Å². The van der Waals surface area contributed by atoms with Crippen molar-refractivity contribution in [2.24, 2.45) is 0 Å². The molecule has 1 heterocycles. The third kappa shape index (κ3) is 2.91. The zero-order chi connectivity index (χ0) is 12.3. The number of pyridine rings is 1. The van der Waals surface area contributed by atoms with Crippen LogP contribution in [0.2, 0.25) is 0 Å². The van der Waals surface area contributed by atoms with E-state index in [0.29, 0.717) is 5.56 Å². The number of aromatic nitrogens is 1. The number of nitrogens with zero attached hydrogens (tertiary/aromatic N) is 1. The number of rotatable bonds is 3. The van der Waals surface area contributed by atoms with E-state index in [9.17, 15) is 4.79 Å². The van der Waals surface area contributed by atoms with E-state index in [-0.39, 0.29) is 0 Å². The molecule has 0 amide bonds. The van der Waals surface area contributed by atoms with Crippen molar-refractivity contribution < 1.29 is 14.5 Å². The van der Waals surface area contributed by atoms with Crippen molar-refractivity contribution in [1.29, 1.82) is 0 Å². The van der Waals surface area contributed by atoms with Crippen LogP contribution in [0.25, 0.3) is 0 Å². The van der Waals surface area contributed by atoms with Crippen molar-refractivity contribution in [3.05, 3.63) is 65.5 Å². The lowest BCUT2D eigenvalue weighted by atomic mass is 10.1. The molecule has 2 aromatic rings. The Morgan fingerprint density at radius 1 is 1.12 bits per heavy atom. The zero-order valence-corrected chi connectivity index (χ0v) is 9.63. The Kier molecular flexibility index (Phi) is 3.19. The molecule has 0 radical (unpaired) electrons. The monoisotopic (exact) mass is 228 g/mol. The van der Waals surface area contributed by atoms with Crippen LogP contribution >= 0.6 is 0 Å². The lowest BCUT2D eigenvalue weighted by Crippen LogP contribution is -2.33. The Bertz CT molecular complexity index is 515. The molecule has 0 atom stereocenters. The molecule has 0 aliphatic carbocycles. The first-order valence-corrected chi connectivity index (χ1v) is 5.43. The Morgan fingerprint density at radius 3 is 2.24 bits per heavy atom. The van der Waals surface area contributed by atoms with E-state index in [1.54, 1.807) is 12.1 Å². The fourth-order valence-corrected chi connectivity index (χ4v) is 1.60. The van der Waals surface area contributed by atoms with Gasteiger partial charge in [-0.15, -0.1) is 0 Å². The van der Waals surface area contributed by atoms with Crippen LogP contribution in [0.15, 0.2) is 48.8 Å². The fraction of sp³-hybridized carbons (Fsp3) is 0.143. The zero-order valence-electron chi connectivity index (χ0n) is 9.63. The summed E-state index contributed by atoms with van der Waals surface area (Å²) < 4.78 is 2.06. The van der Waals surface area contributed by atoms with Crippen molar-refractivity contribution in [2.75, 3.05) is 0 Å². The SMILES string of the molecule is Cc1cc[n+](Cc2ccc(C(=O)O)cc2)cc1. The van der Waals surface area contributed by atoms with Gasteiger partial charge in [0.05, 0.1) is 5.56 Å². The van der Waals surface area contributed by atoms with Gasteiger partial charge in [0.1, 0.15) is 0 Å². The second-order valence-corrected chi connectivity index (χ2v) is 4.05. The highest BCUT2D eigenvalue weighted by Gasteiger charge is 2.05. The van der Waals surface area contributed by atoms with Gasteiger partial charge in [-0.2, -0.15) is 0 Å². The van der Waals surface area contributed by atoms with Gasteiger partial charge in [-0.05, 0) is 24.6 Å². The number of hydrogen-bond donors (Lipinski definition) is 1. The summed E-state index contributed by atoms with van der Waals surface area (Å²) in [5.74, 6) is -0.889. The summed E-state index contributed by atoms with van der Waals surface area (Å²) in [6.45, 7) is 2.80. The third-order valence-electron chi connectivity index (χ3n) is 2.62. The van der Waals surface area contributed by atoms with E-state index >= 15 is 0 Å². The third-order valence-corrected chi connectivity index (χ3v) is 2.62. The van der Waals surface area contributed by atoms with Crippen LogP contribution < -0.4 is 4.57 Å². The lowest BCUT2D eigenvalue weighted by Gasteiger charge is -1.99. The maximum absolute atomic E-state index is 10.7. The maximum Gasteiger partial charge on any atom is 0.335 e. The first-order valence-electron chi connectivity index (χ1n) is 5.43. The average molecular weight is 228 g/mol. The second-order valence-electron chi connectivity index (χ2n) is 4.05. The number of carbonyl (C=O) groups is 1. The molecule has 3 nitrogen and oxygen atoms in total. The number of aryl methyl sites for hydroxylation is 1. The number of carboxylic acid groups (broad SMARTS) is 1. The summed E-state index contributed by atoms with van der Waals surface area (Å²) in [5.41, 5.74) is 2.63.